The Kier molecular flexibility index (Phi) is 6.35. The number of aromatic nitrogens is 6. The standard InChI is InChI=1S/C24H30N8O/c1-17-12-26-24(29-20-14-28-31(16-20)21-7-10-33-11-8-21)30-23(17)19-13-27-32(15-19)22(6-9-25)18-4-2-3-5-18/h12-16,18,21-22H,2-8,10-11H2,1H3,(H,26,29,30)/t22-/m1/s1. The molecule has 5 rings (SSSR count). The van der Waals surface area contributed by atoms with Gasteiger partial charge in [0.15, 0.2) is 0 Å². The van der Waals surface area contributed by atoms with Crippen molar-refractivity contribution >= 4 is 11.6 Å². The van der Waals surface area contributed by atoms with Crippen molar-refractivity contribution in [1.29, 1.82) is 5.26 Å². The van der Waals surface area contributed by atoms with Gasteiger partial charge < -0.3 is 10.1 Å². The molecule has 3 aromatic rings. The van der Waals surface area contributed by atoms with Gasteiger partial charge in [0.25, 0.3) is 0 Å². The molecule has 0 radical (unpaired) electrons. The van der Waals surface area contributed by atoms with Crippen molar-refractivity contribution in [3.05, 3.63) is 36.5 Å². The molecule has 4 heterocycles. The van der Waals surface area contributed by atoms with Gasteiger partial charge in [0.1, 0.15) is 0 Å². The molecule has 1 saturated heterocycles. The molecule has 2 fully saturated rings. The number of nitriles is 1. The normalized spacial score (nSPS) is 18.3. The Hall–Kier alpha value is -3.25. The summed E-state index contributed by atoms with van der Waals surface area (Å²) in [6, 6.07) is 2.85. The Morgan fingerprint density at radius 1 is 1.12 bits per heavy atom. The second-order valence-electron chi connectivity index (χ2n) is 9.09. The zero-order valence-electron chi connectivity index (χ0n) is 19.0. The third-order valence-corrected chi connectivity index (χ3v) is 6.85. The monoisotopic (exact) mass is 446 g/mol. The maximum Gasteiger partial charge on any atom is 0.227 e. The number of rotatable bonds is 7. The van der Waals surface area contributed by atoms with Gasteiger partial charge in [0.05, 0.1) is 48.3 Å². The van der Waals surface area contributed by atoms with Gasteiger partial charge >= 0.3 is 0 Å². The van der Waals surface area contributed by atoms with E-state index in [2.05, 4.69) is 26.6 Å². The van der Waals surface area contributed by atoms with Crippen molar-refractivity contribution < 1.29 is 4.74 Å². The fraction of sp³-hybridized carbons (Fsp3) is 0.542. The third-order valence-electron chi connectivity index (χ3n) is 6.85. The fourth-order valence-electron chi connectivity index (χ4n) is 5.03. The Balaban J connectivity index is 1.34. The van der Waals surface area contributed by atoms with Crippen LogP contribution >= 0.6 is 0 Å². The predicted octanol–water partition coefficient (Wildman–Crippen LogP) is 4.59. The molecule has 2 aliphatic rings. The minimum atomic E-state index is 0.127. The van der Waals surface area contributed by atoms with E-state index in [0.717, 1.165) is 48.6 Å². The lowest BCUT2D eigenvalue weighted by molar-refractivity contribution is 0.0662. The molecule has 172 valence electrons. The van der Waals surface area contributed by atoms with Crippen LogP contribution in [0.15, 0.2) is 31.0 Å². The van der Waals surface area contributed by atoms with Crippen LogP contribution in [0, 0.1) is 24.2 Å². The lowest BCUT2D eigenvalue weighted by Gasteiger charge is -2.22. The molecule has 1 aliphatic heterocycles. The number of hydrogen-bond donors (Lipinski definition) is 1. The van der Waals surface area contributed by atoms with Crippen molar-refractivity contribution in [2.45, 2.75) is 64.0 Å². The maximum absolute atomic E-state index is 9.35. The molecule has 3 aromatic heterocycles. The summed E-state index contributed by atoms with van der Waals surface area (Å²) < 4.78 is 9.43. The lowest BCUT2D eigenvalue weighted by Crippen LogP contribution is -2.19. The highest BCUT2D eigenvalue weighted by atomic mass is 16.5. The van der Waals surface area contributed by atoms with Crippen LogP contribution in [0.3, 0.4) is 0 Å². The summed E-state index contributed by atoms with van der Waals surface area (Å²) in [6.45, 7) is 3.56. The Labute approximate surface area is 193 Å². The highest BCUT2D eigenvalue weighted by Crippen LogP contribution is 2.36. The summed E-state index contributed by atoms with van der Waals surface area (Å²) in [5.41, 5.74) is 3.63. The Bertz CT molecular complexity index is 1120. The van der Waals surface area contributed by atoms with Crippen LogP contribution in [-0.4, -0.2) is 42.7 Å². The van der Waals surface area contributed by atoms with Gasteiger partial charge in [0, 0.05) is 37.4 Å². The third kappa shape index (κ3) is 4.76. The molecule has 1 atom stereocenters. The Morgan fingerprint density at radius 2 is 1.94 bits per heavy atom. The first-order valence-corrected chi connectivity index (χ1v) is 11.9. The largest absolute Gasteiger partial charge is 0.381 e. The molecule has 1 aliphatic carbocycles. The number of anilines is 2. The van der Waals surface area contributed by atoms with E-state index in [9.17, 15) is 5.26 Å². The van der Waals surface area contributed by atoms with E-state index >= 15 is 0 Å². The minimum Gasteiger partial charge on any atom is -0.381 e. The maximum atomic E-state index is 9.35. The van der Waals surface area contributed by atoms with Crippen molar-refractivity contribution in [3.8, 4) is 17.3 Å². The van der Waals surface area contributed by atoms with Gasteiger partial charge in [-0.05, 0) is 44.1 Å². The summed E-state index contributed by atoms with van der Waals surface area (Å²) in [7, 11) is 0. The molecule has 1 N–H and O–H groups in total. The van der Waals surface area contributed by atoms with E-state index in [4.69, 9.17) is 9.72 Å². The van der Waals surface area contributed by atoms with Crippen LogP contribution in [0.1, 0.15) is 62.6 Å². The summed E-state index contributed by atoms with van der Waals surface area (Å²) in [6.07, 6.45) is 16.8. The van der Waals surface area contributed by atoms with Gasteiger partial charge in [0.2, 0.25) is 5.95 Å². The Morgan fingerprint density at radius 3 is 2.73 bits per heavy atom. The average molecular weight is 447 g/mol. The van der Waals surface area contributed by atoms with Crippen LogP contribution in [-0.2, 0) is 4.74 Å². The second-order valence-corrected chi connectivity index (χ2v) is 9.09. The fourth-order valence-corrected chi connectivity index (χ4v) is 5.03. The van der Waals surface area contributed by atoms with Gasteiger partial charge in [-0.3, -0.25) is 9.36 Å². The molecule has 0 aromatic carbocycles. The first kappa shape index (κ1) is 21.6. The van der Waals surface area contributed by atoms with Crippen molar-refractivity contribution in [3.63, 3.8) is 0 Å². The van der Waals surface area contributed by atoms with E-state index in [1.807, 2.05) is 47.3 Å². The van der Waals surface area contributed by atoms with Crippen LogP contribution < -0.4 is 5.32 Å². The molecule has 0 bridgehead atoms. The van der Waals surface area contributed by atoms with Crippen molar-refractivity contribution in [2.24, 2.45) is 5.92 Å². The van der Waals surface area contributed by atoms with Crippen LogP contribution in [0.5, 0.6) is 0 Å². The first-order chi connectivity index (χ1) is 16.2. The van der Waals surface area contributed by atoms with E-state index in [-0.39, 0.29) is 6.04 Å². The molecule has 0 unspecified atom stereocenters. The van der Waals surface area contributed by atoms with E-state index in [1.165, 1.54) is 25.7 Å². The minimum absolute atomic E-state index is 0.127. The summed E-state index contributed by atoms with van der Waals surface area (Å²) in [5.74, 6) is 1.05. The van der Waals surface area contributed by atoms with Gasteiger partial charge in [-0.25, -0.2) is 9.97 Å². The van der Waals surface area contributed by atoms with Gasteiger partial charge in [-0.15, -0.1) is 0 Å². The number of ether oxygens (including phenoxy) is 1. The molecule has 0 amide bonds. The molecule has 1 saturated carbocycles. The predicted molar refractivity (Wildman–Crippen MR) is 124 cm³/mol. The van der Waals surface area contributed by atoms with E-state index in [0.29, 0.717) is 24.3 Å². The zero-order valence-corrected chi connectivity index (χ0v) is 19.0. The highest BCUT2D eigenvalue weighted by Gasteiger charge is 2.27. The smallest absolute Gasteiger partial charge is 0.227 e. The average Bonchev–Trinajstić information content (AvgIpc) is 3.62. The summed E-state index contributed by atoms with van der Waals surface area (Å²) in [5, 5.41) is 21.8. The van der Waals surface area contributed by atoms with Gasteiger partial charge in [-0.2, -0.15) is 15.5 Å². The number of nitrogens with zero attached hydrogens (tertiary/aromatic N) is 7. The first-order valence-electron chi connectivity index (χ1n) is 11.9. The molecule has 9 nitrogen and oxygen atoms in total. The molecular weight excluding hydrogens is 416 g/mol. The van der Waals surface area contributed by atoms with Crippen LogP contribution in [0.4, 0.5) is 11.6 Å². The van der Waals surface area contributed by atoms with Crippen molar-refractivity contribution in [2.75, 3.05) is 18.5 Å². The SMILES string of the molecule is Cc1cnc(Nc2cnn(C3CCOCC3)c2)nc1-c1cnn([C@H](CC#N)C2CCCC2)c1. The van der Waals surface area contributed by atoms with E-state index in [1.54, 1.807) is 0 Å². The summed E-state index contributed by atoms with van der Waals surface area (Å²) in [4.78, 5) is 9.24. The quantitative estimate of drug-likeness (QED) is 0.566. The lowest BCUT2D eigenvalue weighted by atomic mass is 9.96. The summed E-state index contributed by atoms with van der Waals surface area (Å²) >= 11 is 0. The molecule has 9 heteroatoms. The number of hydrogen-bond acceptors (Lipinski definition) is 7. The number of nitrogens with one attached hydrogen (secondary N) is 1. The van der Waals surface area contributed by atoms with Crippen LogP contribution in [0.2, 0.25) is 0 Å². The molecule has 33 heavy (non-hydrogen) atoms. The van der Waals surface area contributed by atoms with Crippen LogP contribution in [0.25, 0.3) is 11.3 Å². The van der Waals surface area contributed by atoms with E-state index < -0.39 is 0 Å². The second kappa shape index (κ2) is 9.71. The highest BCUT2D eigenvalue weighted by molar-refractivity contribution is 5.63. The molecule has 0 spiro atoms. The number of aryl methyl sites for hydroxylation is 1. The topological polar surface area (TPSA) is 106 Å². The molecular formula is C24H30N8O. The van der Waals surface area contributed by atoms with Gasteiger partial charge in [-0.1, -0.05) is 12.8 Å². The zero-order chi connectivity index (χ0) is 22.6. The van der Waals surface area contributed by atoms with Crippen molar-refractivity contribution in [1.82, 2.24) is 29.5 Å².